The molecule has 0 saturated carbocycles. The summed E-state index contributed by atoms with van der Waals surface area (Å²) in [5.74, 6) is 0.876. The summed E-state index contributed by atoms with van der Waals surface area (Å²) in [4.78, 5) is 16.3. The smallest absolute Gasteiger partial charge is 0.219 e. The molecule has 0 aromatic carbocycles. The molecule has 0 radical (unpaired) electrons. The van der Waals surface area contributed by atoms with Crippen molar-refractivity contribution in [2.75, 3.05) is 12.4 Å². The molecular weight excluding hydrogens is 266 g/mol. The van der Waals surface area contributed by atoms with Gasteiger partial charge in [0.25, 0.3) is 0 Å². The van der Waals surface area contributed by atoms with Gasteiger partial charge in [0.1, 0.15) is 0 Å². The van der Waals surface area contributed by atoms with Crippen molar-refractivity contribution in [2.24, 2.45) is 0 Å². The molecule has 2 rings (SSSR count). The summed E-state index contributed by atoms with van der Waals surface area (Å²) in [5.41, 5.74) is 2.97. The van der Waals surface area contributed by atoms with Crippen molar-refractivity contribution in [1.82, 2.24) is 4.90 Å². The molecule has 100 valence electrons. The van der Waals surface area contributed by atoms with E-state index in [1.54, 1.807) is 6.92 Å². The predicted molar refractivity (Wildman–Crippen MR) is 77.5 cm³/mol. The summed E-state index contributed by atoms with van der Waals surface area (Å²) in [6, 6.07) is 0. The minimum absolute atomic E-state index is 0.185. The van der Waals surface area contributed by atoms with Crippen molar-refractivity contribution < 1.29 is 4.79 Å². The molecule has 18 heavy (non-hydrogen) atoms. The van der Waals surface area contributed by atoms with Crippen LogP contribution in [-0.4, -0.2) is 23.2 Å². The Labute approximate surface area is 118 Å². The Kier molecular flexibility index (Phi) is 4.68. The summed E-state index contributed by atoms with van der Waals surface area (Å²) in [5, 5.41) is 0. The molecule has 1 aliphatic heterocycles. The van der Waals surface area contributed by atoms with E-state index in [1.807, 2.05) is 16.2 Å². The minimum Gasteiger partial charge on any atom is -0.337 e. The summed E-state index contributed by atoms with van der Waals surface area (Å²) in [6.45, 7) is 5.53. The van der Waals surface area contributed by atoms with Gasteiger partial charge in [-0.25, -0.2) is 0 Å². The molecule has 0 bridgehead atoms. The van der Waals surface area contributed by atoms with Gasteiger partial charge in [-0.3, -0.25) is 4.79 Å². The normalized spacial score (nSPS) is 14.7. The van der Waals surface area contributed by atoms with Crippen molar-refractivity contribution in [3.8, 4) is 0 Å². The van der Waals surface area contributed by atoms with Gasteiger partial charge in [-0.05, 0) is 30.4 Å². The Morgan fingerprint density at radius 3 is 2.83 bits per heavy atom. The van der Waals surface area contributed by atoms with E-state index in [0.717, 1.165) is 32.4 Å². The fraction of sp³-hybridized carbons (Fsp3) is 0.643. The van der Waals surface area contributed by atoms with E-state index in [0.29, 0.717) is 5.88 Å². The van der Waals surface area contributed by atoms with Gasteiger partial charge in [0.05, 0.1) is 6.54 Å². The van der Waals surface area contributed by atoms with Crippen LogP contribution in [0.4, 0.5) is 0 Å². The number of amides is 1. The van der Waals surface area contributed by atoms with Gasteiger partial charge in [0.15, 0.2) is 0 Å². The zero-order chi connectivity index (χ0) is 13.1. The number of hydrogen-bond donors (Lipinski definition) is 0. The van der Waals surface area contributed by atoms with Crippen LogP contribution in [0.2, 0.25) is 0 Å². The van der Waals surface area contributed by atoms with Gasteiger partial charge in [-0.1, -0.05) is 13.3 Å². The lowest BCUT2D eigenvalue weighted by atomic mass is 9.98. The van der Waals surface area contributed by atoms with E-state index in [9.17, 15) is 4.79 Å². The molecule has 0 atom stereocenters. The number of alkyl halides is 1. The first-order chi connectivity index (χ1) is 8.67. The highest BCUT2D eigenvalue weighted by atomic mass is 35.5. The van der Waals surface area contributed by atoms with Crippen LogP contribution in [0.15, 0.2) is 0 Å². The highest BCUT2D eigenvalue weighted by Crippen LogP contribution is 2.34. The highest BCUT2D eigenvalue weighted by Gasteiger charge is 2.24. The summed E-state index contributed by atoms with van der Waals surface area (Å²) < 4.78 is 0. The van der Waals surface area contributed by atoms with E-state index in [-0.39, 0.29) is 5.91 Å². The van der Waals surface area contributed by atoms with E-state index in [2.05, 4.69) is 6.92 Å². The number of nitrogens with zero attached hydrogens (tertiary/aromatic N) is 1. The van der Waals surface area contributed by atoms with Crippen LogP contribution in [-0.2, 0) is 30.6 Å². The predicted octanol–water partition coefficient (Wildman–Crippen LogP) is 3.39. The van der Waals surface area contributed by atoms with Gasteiger partial charge >= 0.3 is 0 Å². The standard InChI is InChI=1S/C14H20ClNOS/c1-3-4-13-11(5-7-15)12-6-8-16(10(2)17)9-14(12)18-13/h3-9H2,1-2H3. The zero-order valence-corrected chi connectivity index (χ0v) is 12.7. The summed E-state index contributed by atoms with van der Waals surface area (Å²) in [6.07, 6.45) is 4.29. The van der Waals surface area contributed by atoms with Crippen molar-refractivity contribution in [2.45, 2.75) is 46.1 Å². The lowest BCUT2D eigenvalue weighted by Crippen LogP contribution is -2.33. The molecule has 0 aliphatic carbocycles. The van der Waals surface area contributed by atoms with E-state index in [4.69, 9.17) is 11.6 Å². The second-order valence-electron chi connectivity index (χ2n) is 4.79. The molecule has 0 N–H and O–H groups in total. The molecule has 0 spiro atoms. The van der Waals surface area contributed by atoms with Crippen LogP contribution in [0, 0.1) is 0 Å². The third-order valence-corrected chi connectivity index (χ3v) is 5.02. The maximum atomic E-state index is 11.5. The molecular formula is C14H20ClNOS. The second kappa shape index (κ2) is 6.07. The number of fused-ring (bicyclic) bond motifs is 1. The number of carbonyl (C=O) groups excluding carboxylic acids is 1. The van der Waals surface area contributed by atoms with Crippen LogP contribution >= 0.6 is 22.9 Å². The Bertz CT molecular complexity index is 441. The van der Waals surface area contributed by atoms with Gasteiger partial charge < -0.3 is 4.90 Å². The van der Waals surface area contributed by atoms with Gasteiger partial charge in [0.2, 0.25) is 5.91 Å². The fourth-order valence-electron chi connectivity index (χ4n) is 2.61. The van der Waals surface area contributed by atoms with Gasteiger partial charge in [-0.2, -0.15) is 0 Å². The number of carbonyl (C=O) groups is 1. The number of thiophene rings is 1. The number of halogens is 1. The van der Waals surface area contributed by atoms with E-state index >= 15 is 0 Å². The Morgan fingerprint density at radius 1 is 1.44 bits per heavy atom. The largest absolute Gasteiger partial charge is 0.337 e. The average Bonchev–Trinajstić information content (AvgIpc) is 2.68. The average molecular weight is 286 g/mol. The van der Waals surface area contributed by atoms with Gasteiger partial charge in [-0.15, -0.1) is 22.9 Å². The number of hydrogen-bond acceptors (Lipinski definition) is 2. The number of rotatable bonds is 4. The molecule has 2 heterocycles. The molecule has 1 aliphatic rings. The van der Waals surface area contributed by atoms with Crippen molar-refractivity contribution in [1.29, 1.82) is 0 Å². The summed E-state index contributed by atoms with van der Waals surface area (Å²) >= 11 is 7.82. The Morgan fingerprint density at radius 2 is 2.22 bits per heavy atom. The quantitative estimate of drug-likeness (QED) is 0.777. The van der Waals surface area contributed by atoms with Gasteiger partial charge in [0, 0.05) is 29.1 Å². The zero-order valence-electron chi connectivity index (χ0n) is 11.1. The molecule has 0 unspecified atom stereocenters. The molecule has 0 fully saturated rings. The SMILES string of the molecule is CCCc1sc2c(c1CCCl)CCN(C(C)=O)C2. The lowest BCUT2D eigenvalue weighted by Gasteiger charge is -2.26. The topological polar surface area (TPSA) is 20.3 Å². The highest BCUT2D eigenvalue weighted by molar-refractivity contribution is 7.12. The Hall–Kier alpha value is -0.540. The minimum atomic E-state index is 0.185. The van der Waals surface area contributed by atoms with Crippen LogP contribution in [0.25, 0.3) is 0 Å². The van der Waals surface area contributed by atoms with Crippen LogP contribution in [0.5, 0.6) is 0 Å². The van der Waals surface area contributed by atoms with Crippen LogP contribution < -0.4 is 0 Å². The first-order valence-corrected chi connectivity index (χ1v) is 7.96. The first kappa shape index (κ1) is 13.9. The van der Waals surface area contributed by atoms with Crippen LogP contribution in [0.1, 0.15) is 41.1 Å². The van der Waals surface area contributed by atoms with E-state index in [1.165, 1.54) is 27.3 Å². The number of aryl methyl sites for hydroxylation is 1. The maximum Gasteiger partial charge on any atom is 0.219 e. The van der Waals surface area contributed by atoms with E-state index < -0.39 is 0 Å². The van der Waals surface area contributed by atoms with Crippen molar-refractivity contribution >= 4 is 28.8 Å². The molecule has 0 saturated heterocycles. The third-order valence-electron chi connectivity index (χ3n) is 3.52. The molecule has 1 aromatic rings. The Balaban J connectivity index is 2.29. The molecule has 1 amide bonds. The molecule has 4 heteroatoms. The second-order valence-corrected chi connectivity index (χ2v) is 6.35. The van der Waals surface area contributed by atoms with Crippen LogP contribution in [0.3, 0.4) is 0 Å². The lowest BCUT2D eigenvalue weighted by molar-refractivity contribution is -0.129. The first-order valence-electron chi connectivity index (χ1n) is 6.61. The van der Waals surface area contributed by atoms with Crippen molar-refractivity contribution in [3.63, 3.8) is 0 Å². The monoisotopic (exact) mass is 285 g/mol. The molecule has 2 nitrogen and oxygen atoms in total. The third kappa shape index (κ3) is 2.72. The molecule has 1 aromatic heterocycles. The fourth-order valence-corrected chi connectivity index (χ4v) is 4.32. The maximum absolute atomic E-state index is 11.5. The summed E-state index contributed by atoms with van der Waals surface area (Å²) in [7, 11) is 0. The van der Waals surface area contributed by atoms with Crippen molar-refractivity contribution in [3.05, 3.63) is 20.9 Å².